The lowest BCUT2D eigenvalue weighted by Crippen LogP contribution is -2.33. The molecule has 0 aliphatic heterocycles. The highest BCUT2D eigenvalue weighted by molar-refractivity contribution is 7.07. The van der Waals surface area contributed by atoms with Crippen LogP contribution in [0, 0.1) is 0 Å². The van der Waals surface area contributed by atoms with E-state index in [0.29, 0.717) is 11.6 Å². The summed E-state index contributed by atoms with van der Waals surface area (Å²) in [5.74, 6) is -0.192. The lowest BCUT2D eigenvalue weighted by molar-refractivity contribution is -0.131. The van der Waals surface area contributed by atoms with Crippen LogP contribution in [0.25, 0.3) is 0 Å². The van der Waals surface area contributed by atoms with Crippen LogP contribution in [0.4, 0.5) is 0 Å². The van der Waals surface area contributed by atoms with Gasteiger partial charge in [0.05, 0.1) is 12.5 Å². The number of halogens is 1. The molecule has 1 aromatic carbocycles. The summed E-state index contributed by atoms with van der Waals surface area (Å²) in [6.45, 7) is 2.01. The van der Waals surface area contributed by atoms with E-state index in [0.717, 1.165) is 11.1 Å². The monoisotopic (exact) mass is 350 g/mol. The van der Waals surface area contributed by atoms with Crippen molar-refractivity contribution in [1.29, 1.82) is 0 Å². The summed E-state index contributed by atoms with van der Waals surface area (Å²) in [4.78, 5) is 25.6. The molecule has 6 heteroatoms. The van der Waals surface area contributed by atoms with Crippen molar-refractivity contribution in [3.05, 3.63) is 57.2 Å². The number of carbonyl (C=O) groups excluding carboxylic acids is 2. The second-order valence-electron chi connectivity index (χ2n) is 5.39. The van der Waals surface area contributed by atoms with Crippen molar-refractivity contribution in [3.63, 3.8) is 0 Å². The molecule has 4 nitrogen and oxygen atoms in total. The summed E-state index contributed by atoms with van der Waals surface area (Å²) in [7, 11) is 1.77. The molecule has 2 amide bonds. The maximum Gasteiger partial charge on any atom is 0.225 e. The van der Waals surface area contributed by atoms with E-state index in [1.54, 1.807) is 35.4 Å². The van der Waals surface area contributed by atoms with Crippen molar-refractivity contribution in [2.75, 3.05) is 7.05 Å². The van der Waals surface area contributed by atoms with Gasteiger partial charge in [-0.25, -0.2) is 0 Å². The third-order valence-corrected chi connectivity index (χ3v) is 4.44. The van der Waals surface area contributed by atoms with Gasteiger partial charge in [0.1, 0.15) is 0 Å². The first-order valence-electron chi connectivity index (χ1n) is 7.23. The maximum absolute atomic E-state index is 12.5. The molecule has 0 spiro atoms. The highest BCUT2D eigenvalue weighted by Gasteiger charge is 2.19. The van der Waals surface area contributed by atoms with Crippen molar-refractivity contribution in [2.45, 2.75) is 25.9 Å². The van der Waals surface area contributed by atoms with Gasteiger partial charge in [-0.3, -0.25) is 9.59 Å². The summed E-state index contributed by atoms with van der Waals surface area (Å²) < 4.78 is 0. The molecule has 0 aliphatic rings. The Morgan fingerprint density at radius 2 is 1.96 bits per heavy atom. The number of hydrogen-bond acceptors (Lipinski definition) is 3. The first-order chi connectivity index (χ1) is 11.0. The van der Waals surface area contributed by atoms with Crippen LogP contribution in [-0.2, 0) is 16.1 Å². The van der Waals surface area contributed by atoms with E-state index in [9.17, 15) is 9.59 Å². The third-order valence-electron chi connectivity index (χ3n) is 3.45. The lowest BCUT2D eigenvalue weighted by Gasteiger charge is -2.22. The molecule has 0 fully saturated rings. The molecule has 0 radical (unpaired) electrons. The molecule has 0 unspecified atom stereocenters. The van der Waals surface area contributed by atoms with Crippen LogP contribution in [0.1, 0.15) is 30.5 Å². The van der Waals surface area contributed by atoms with Gasteiger partial charge in [0.25, 0.3) is 0 Å². The normalized spacial score (nSPS) is 11.8. The zero-order valence-corrected chi connectivity index (χ0v) is 14.7. The number of nitrogens with one attached hydrogen (secondary N) is 1. The van der Waals surface area contributed by atoms with E-state index >= 15 is 0 Å². The number of amides is 2. The van der Waals surface area contributed by atoms with E-state index in [2.05, 4.69) is 5.32 Å². The molecule has 1 heterocycles. The molecule has 0 aliphatic carbocycles. The number of thiophene rings is 1. The van der Waals surface area contributed by atoms with Gasteiger partial charge in [-0.15, -0.1) is 0 Å². The Kier molecular flexibility index (Phi) is 6.19. The van der Waals surface area contributed by atoms with Gasteiger partial charge < -0.3 is 10.2 Å². The summed E-state index contributed by atoms with van der Waals surface area (Å²) >= 11 is 7.50. The standard InChI is InChI=1S/C17H19ClN2O2S/c1-12(21)19-16(14-3-5-15(18)6-4-14)9-17(22)20(2)10-13-7-8-23-11-13/h3-8,11,16H,9-10H2,1-2H3,(H,19,21)/t16-/m0/s1. The largest absolute Gasteiger partial charge is 0.349 e. The quantitative estimate of drug-likeness (QED) is 0.864. The van der Waals surface area contributed by atoms with Gasteiger partial charge in [-0.05, 0) is 40.1 Å². The molecule has 1 N–H and O–H groups in total. The maximum atomic E-state index is 12.5. The molecule has 2 rings (SSSR count). The first-order valence-corrected chi connectivity index (χ1v) is 8.55. The van der Waals surface area contributed by atoms with E-state index < -0.39 is 0 Å². The zero-order chi connectivity index (χ0) is 16.8. The predicted molar refractivity (Wildman–Crippen MR) is 93.4 cm³/mol. The highest BCUT2D eigenvalue weighted by Crippen LogP contribution is 2.21. The van der Waals surface area contributed by atoms with Crippen LogP contribution in [0.5, 0.6) is 0 Å². The lowest BCUT2D eigenvalue weighted by atomic mass is 10.0. The Hall–Kier alpha value is -1.85. The molecule has 0 bridgehead atoms. The number of carbonyl (C=O) groups is 2. The molecule has 23 heavy (non-hydrogen) atoms. The molecular weight excluding hydrogens is 332 g/mol. The SMILES string of the molecule is CC(=O)N[C@@H](CC(=O)N(C)Cc1ccsc1)c1ccc(Cl)cc1. The minimum atomic E-state index is -0.359. The number of hydrogen-bond donors (Lipinski definition) is 1. The van der Waals surface area contributed by atoms with Gasteiger partial charge >= 0.3 is 0 Å². The molecule has 1 aromatic heterocycles. The van der Waals surface area contributed by atoms with Crippen molar-refractivity contribution >= 4 is 34.8 Å². The van der Waals surface area contributed by atoms with Crippen LogP contribution < -0.4 is 5.32 Å². The second-order valence-corrected chi connectivity index (χ2v) is 6.61. The van der Waals surface area contributed by atoms with E-state index in [4.69, 9.17) is 11.6 Å². The van der Waals surface area contributed by atoms with Crippen LogP contribution in [0.3, 0.4) is 0 Å². The molecule has 122 valence electrons. The molecule has 0 saturated carbocycles. The minimum Gasteiger partial charge on any atom is -0.349 e. The predicted octanol–water partition coefficient (Wildman–Crippen LogP) is 3.63. The van der Waals surface area contributed by atoms with Gasteiger partial charge in [-0.2, -0.15) is 11.3 Å². The Bertz CT molecular complexity index is 656. The Morgan fingerprint density at radius 3 is 2.52 bits per heavy atom. The highest BCUT2D eigenvalue weighted by atomic mass is 35.5. The van der Waals surface area contributed by atoms with Crippen molar-refractivity contribution in [3.8, 4) is 0 Å². The molecule has 1 atom stereocenters. The fourth-order valence-corrected chi connectivity index (χ4v) is 3.05. The minimum absolute atomic E-state index is 0.0232. The van der Waals surface area contributed by atoms with Gasteiger partial charge in [0.2, 0.25) is 11.8 Å². The fraction of sp³-hybridized carbons (Fsp3) is 0.294. The van der Waals surface area contributed by atoms with E-state index in [1.165, 1.54) is 6.92 Å². The molecule has 0 saturated heterocycles. The smallest absolute Gasteiger partial charge is 0.225 e. The van der Waals surface area contributed by atoms with E-state index in [-0.39, 0.29) is 24.3 Å². The second kappa shape index (κ2) is 8.13. The summed E-state index contributed by atoms with van der Waals surface area (Å²) in [5.41, 5.74) is 1.97. The van der Waals surface area contributed by atoms with Gasteiger partial charge in [-0.1, -0.05) is 23.7 Å². The van der Waals surface area contributed by atoms with Crippen molar-refractivity contribution in [2.24, 2.45) is 0 Å². The number of rotatable bonds is 6. The summed E-state index contributed by atoms with van der Waals surface area (Å²) in [6.07, 6.45) is 0.210. The van der Waals surface area contributed by atoms with Crippen molar-refractivity contribution < 1.29 is 9.59 Å². The molecular formula is C17H19ClN2O2S. The number of benzene rings is 1. The van der Waals surface area contributed by atoms with Gasteiger partial charge in [0.15, 0.2) is 0 Å². The zero-order valence-electron chi connectivity index (χ0n) is 13.1. The van der Waals surface area contributed by atoms with Crippen LogP contribution in [0.15, 0.2) is 41.1 Å². The Morgan fingerprint density at radius 1 is 1.26 bits per heavy atom. The van der Waals surface area contributed by atoms with E-state index in [1.807, 2.05) is 29.0 Å². The summed E-state index contributed by atoms with van der Waals surface area (Å²) in [6, 6.07) is 8.81. The van der Waals surface area contributed by atoms with Crippen LogP contribution in [0.2, 0.25) is 5.02 Å². The fourth-order valence-electron chi connectivity index (χ4n) is 2.27. The van der Waals surface area contributed by atoms with Crippen LogP contribution >= 0.6 is 22.9 Å². The molecule has 2 aromatic rings. The average molecular weight is 351 g/mol. The Labute approximate surface area is 145 Å². The first kappa shape index (κ1) is 17.5. The average Bonchev–Trinajstić information content (AvgIpc) is 2.99. The summed E-state index contributed by atoms with van der Waals surface area (Å²) in [5, 5.41) is 7.46. The topological polar surface area (TPSA) is 49.4 Å². The van der Waals surface area contributed by atoms with Crippen molar-refractivity contribution in [1.82, 2.24) is 10.2 Å². The third kappa shape index (κ3) is 5.37. The van der Waals surface area contributed by atoms with Gasteiger partial charge in [0, 0.05) is 25.5 Å². The Balaban J connectivity index is 2.05. The van der Waals surface area contributed by atoms with Crippen LogP contribution in [-0.4, -0.2) is 23.8 Å². The number of nitrogens with zero attached hydrogens (tertiary/aromatic N) is 1.